The van der Waals surface area contributed by atoms with Crippen molar-refractivity contribution in [3.8, 4) is 0 Å². The lowest BCUT2D eigenvalue weighted by Gasteiger charge is -2.09. The minimum atomic E-state index is -1.05. The number of carboxylic acids is 1. The smallest absolute Gasteiger partial charge is 0.316 e. The lowest BCUT2D eigenvalue weighted by molar-refractivity contribution is -0.136. The first-order valence-corrected chi connectivity index (χ1v) is 6.90. The molecule has 2 aromatic rings. The number of nitrogens with zero attached hydrogens (tertiary/aromatic N) is 1. The molecule has 0 spiro atoms. The van der Waals surface area contributed by atoms with Crippen LogP contribution in [-0.4, -0.2) is 32.2 Å². The van der Waals surface area contributed by atoms with Crippen molar-refractivity contribution in [2.24, 2.45) is 0 Å². The molecule has 2 heterocycles. The number of hydrogen-bond donors (Lipinski definition) is 4. The number of nitrogen functional groups attached to an aromatic ring is 1. The second kappa shape index (κ2) is 6.35. The fourth-order valence-corrected chi connectivity index (χ4v) is 2.18. The van der Waals surface area contributed by atoms with Crippen LogP contribution in [0, 0.1) is 0 Å². The summed E-state index contributed by atoms with van der Waals surface area (Å²) in [4.78, 5) is 40.7. The first kappa shape index (κ1) is 15.6. The molecule has 0 aliphatic heterocycles. The van der Waals surface area contributed by atoms with Gasteiger partial charge in [0.1, 0.15) is 5.25 Å². The number of nitrogens with two attached hydrogens (primary N) is 1. The highest BCUT2D eigenvalue weighted by Gasteiger charge is 2.18. The van der Waals surface area contributed by atoms with E-state index in [4.69, 9.17) is 15.3 Å². The van der Waals surface area contributed by atoms with Gasteiger partial charge in [-0.05, 0) is 19.1 Å². The summed E-state index contributed by atoms with van der Waals surface area (Å²) in [5.74, 6) is -1.91. The quantitative estimate of drug-likeness (QED) is 0.465. The second-order valence-electron chi connectivity index (χ2n) is 4.16. The van der Waals surface area contributed by atoms with E-state index in [1.165, 1.54) is 25.3 Å². The third kappa shape index (κ3) is 3.47. The Morgan fingerprint density at radius 2 is 2.27 bits per heavy atom. The van der Waals surface area contributed by atoms with Crippen LogP contribution < -0.4 is 16.6 Å². The van der Waals surface area contributed by atoms with Gasteiger partial charge >= 0.3 is 5.97 Å². The number of anilines is 2. The number of furan rings is 1. The number of carboxylic acid groups (broad SMARTS) is 1. The van der Waals surface area contributed by atoms with Crippen LogP contribution in [-0.2, 0) is 4.79 Å². The highest BCUT2D eigenvalue weighted by atomic mass is 32.2. The van der Waals surface area contributed by atoms with E-state index in [9.17, 15) is 14.4 Å². The van der Waals surface area contributed by atoms with Crippen LogP contribution in [0.4, 0.5) is 11.5 Å². The number of aliphatic carboxylic acids is 1. The zero-order valence-electron chi connectivity index (χ0n) is 11.3. The molecule has 0 saturated heterocycles. The number of carbonyl (C=O) groups is 2. The summed E-state index contributed by atoms with van der Waals surface area (Å²) in [5, 5.41) is 10.4. The molecule has 0 bridgehead atoms. The van der Waals surface area contributed by atoms with Gasteiger partial charge in [0.2, 0.25) is 0 Å². The molecule has 0 radical (unpaired) electrons. The van der Waals surface area contributed by atoms with Crippen LogP contribution in [0.2, 0.25) is 0 Å². The largest absolute Gasteiger partial charge is 0.480 e. The first-order chi connectivity index (χ1) is 10.4. The van der Waals surface area contributed by atoms with Crippen LogP contribution in [0.1, 0.15) is 17.5 Å². The Balaban J connectivity index is 2.22. The van der Waals surface area contributed by atoms with Gasteiger partial charge in [0.05, 0.1) is 6.26 Å². The van der Waals surface area contributed by atoms with Crippen molar-refractivity contribution >= 4 is 35.1 Å². The summed E-state index contributed by atoms with van der Waals surface area (Å²) < 4.78 is 4.90. The molecule has 1 amide bonds. The van der Waals surface area contributed by atoms with Gasteiger partial charge < -0.3 is 20.6 Å². The number of H-pyrrole nitrogens is 1. The molecule has 116 valence electrons. The molecule has 9 nitrogen and oxygen atoms in total. The van der Waals surface area contributed by atoms with Crippen molar-refractivity contribution in [2.75, 3.05) is 11.1 Å². The third-order valence-electron chi connectivity index (χ3n) is 2.55. The number of thioether (sulfide) groups is 1. The molecule has 1 atom stereocenters. The van der Waals surface area contributed by atoms with E-state index in [-0.39, 0.29) is 22.4 Å². The Bertz CT molecular complexity index is 755. The Hall–Kier alpha value is -2.75. The lowest BCUT2D eigenvalue weighted by atomic mass is 10.4. The molecule has 0 aliphatic carbocycles. The number of aromatic amines is 1. The normalized spacial score (nSPS) is 11.9. The minimum Gasteiger partial charge on any atom is -0.480 e. The molecule has 0 saturated carbocycles. The molecule has 0 unspecified atom stereocenters. The van der Waals surface area contributed by atoms with Gasteiger partial charge in [-0.1, -0.05) is 11.8 Å². The van der Waals surface area contributed by atoms with Crippen molar-refractivity contribution in [1.82, 2.24) is 9.97 Å². The summed E-state index contributed by atoms with van der Waals surface area (Å²) in [6.07, 6.45) is 1.31. The van der Waals surface area contributed by atoms with Gasteiger partial charge in [-0.3, -0.25) is 19.4 Å². The molecular formula is C12H12N4O5S. The number of amides is 1. The van der Waals surface area contributed by atoms with Gasteiger partial charge in [0, 0.05) is 0 Å². The Labute approximate surface area is 127 Å². The predicted molar refractivity (Wildman–Crippen MR) is 78.9 cm³/mol. The summed E-state index contributed by atoms with van der Waals surface area (Å²) in [6.45, 7) is 1.44. The molecular weight excluding hydrogens is 312 g/mol. The monoisotopic (exact) mass is 324 g/mol. The van der Waals surface area contributed by atoms with Crippen LogP contribution >= 0.6 is 11.8 Å². The van der Waals surface area contributed by atoms with Crippen molar-refractivity contribution in [2.45, 2.75) is 17.3 Å². The number of carbonyl (C=O) groups excluding carboxylic acids is 1. The van der Waals surface area contributed by atoms with Crippen molar-refractivity contribution in [1.29, 1.82) is 0 Å². The van der Waals surface area contributed by atoms with Crippen molar-refractivity contribution in [3.63, 3.8) is 0 Å². The zero-order valence-corrected chi connectivity index (χ0v) is 12.1. The number of hydrogen-bond acceptors (Lipinski definition) is 7. The molecule has 2 aromatic heterocycles. The van der Waals surface area contributed by atoms with E-state index in [1.54, 1.807) is 0 Å². The first-order valence-electron chi connectivity index (χ1n) is 6.02. The van der Waals surface area contributed by atoms with E-state index in [0.717, 1.165) is 11.8 Å². The third-order valence-corrected chi connectivity index (χ3v) is 3.52. The average Bonchev–Trinajstić information content (AvgIpc) is 2.96. The number of nitrogens with one attached hydrogen (secondary N) is 2. The molecule has 0 fully saturated rings. The predicted octanol–water partition coefficient (Wildman–Crippen LogP) is 0.763. The van der Waals surface area contributed by atoms with Gasteiger partial charge in [-0.25, -0.2) is 4.98 Å². The standard InChI is InChI=1S/C12H12N4O5S/c1-5(11(19)20)22-12-15-8(13)7(10(18)16-12)14-9(17)6-3-2-4-21-6/h2-5H,1H3,(H,14,17)(H,19,20)(H3,13,15,16,18)/t5-/m0/s1. The molecule has 5 N–H and O–H groups in total. The molecule has 0 aliphatic rings. The maximum absolute atomic E-state index is 11.9. The van der Waals surface area contributed by atoms with Crippen LogP contribution in [0.15, 0.2) is 32.8 Å². The SMILES string of the molecule is C[C@H](Sc1nc(N)c(NC(=O)c2ccco2)c(=O)[nH]1)C(=O)O. The van der Waals surface area contributed by atoms with Crippen molar-refractivity contribution < 1.29 is 19.1 Å². The summed E-state index contributed by atoms with van der Waals surface area (Å²) in [6, 6.07) is 2.94. The van der Waals surface area contributed by atoms with Crippen LogP contribution in [0.5, 0.6) is 0 Å². The Kier molecular flexibility index (Phi) is 4.51. The molecule has 10 heteroatoms. The van der Waals surface area contributed by atoms with Crippen LogP contribution in [0.3, 0.4) is 0 Å². The molecule has 22 heavy (non-hydrogen) atoms. The van der Waals surface area contributed by atoms with E-state index >= 15 is 0 Å². The van der Waals surface area contributed by atoms with Crippen LogP contribution in [0.25, 0.3) is 0 Å². The highest BCUT2D eigenvalue weighted by Crippen LogP contribution is 2.21. The fraction of sp³-hybridized carbons (Fsp3) is 0.167. The van der Waals surface area contributed by atoms with E-state index < -0.39 is 22.7 Å². The summed E-state index contributed by atoms with van der Waals surface area (Å²) in [7, 11) is 0. The number of rotatable bonds is 5. The van der Waals surface area contributed by atoms with E-state index in [0.29, 0.717) is 0 Å². The fourth-order valence-electron chi connectivity index (χ4n) is 1.45. The van der Waals surface area contributed by atoms with Gasteiger partial charge in [0.15, 0.2) is 22.4 Å². The zero-order chi connectivity index (χ0) is 16.3. The summed E-state index contributed by atoms with van der Waals surface area (Å²) in [5.41, 5.74) is 4.72. The lowest BCUT2D eigenvalue weighted by Crippen LogP contribution is -2.23. The topological polar surface area (TPSA) is 151 Å². The van der Waals surface area contributed by atoms with Crippen molar-refractivity contribution in [3.05, 3.63) is 34.5 Å². The van der Waals surface area contributed by atoms with Gasteiger partial charge in [-0.15, -0.1) is 0 Å². The van der Waals surface area contributed by atoms with Gasteiger partial charge in [-0.2, -0.15) is 0 Å². The second-order valence-corrected chi connectivity index (χ2v) is 5.49. The average molecular weight is 324 g/mol. The minimum absolute atomic E-state index is 0.0109. The Morgan fingerprint density at radius 3 is 2.82 bits per heavy atom. The van der Waals surface area contributed by atoms with Gasteiger partial charge in [0.25, 0.3) is 11.5 Å². The summed E-state index contributed by atoms with van der Waals surface area (Å²) >= 11 is 0.828. The maximum Gasteiger partial charge on any atom is 0.316 e. The number of aromatic nitrogens is 2. The Morgan fingerprint density at radius 1 is 1.55 bits per heavy atom. The highest BCUT2D eigenvalue weighted by molar-refractivity contribution is 8.00. The molecule has 2 rings (SSSR count). The van der Waals surface area contributed by atoms with E-state index in [2.05, 4.69) is 15.3 Å². The maximum atomic E-state index is 11.9. The van der Waals surface area contributed by atoms with E-state index in [1.807, 2.05) is 0 Å². The molecule has 0 aromatic carbocycles.